The number of aromatic nitrogens is 2. The van der Waals surface area contributed by atoms with Crippen LogP contribution in [0.4, 0.5) is 5.82 Å². The van der Waals surface area contributed by atoms with Crippen molar-refractivity contribution in [3.05, 3.63) is 59.7 Å². The fourth-order valence-corrected chi connectivity index (χ4v) is 4.14. The topological polar surface area (TPSA) is 75.2 Å². The van der Waals surface area contributed by atoms with Crippen molar-refractivity contribution < 1.29 is 9.59 Å². The molecule has 0 aliphatic carbocycles. The third-order valence-corrected chi connectivity index (χ3v) is 5.64. The fraction of sp³-hybridized carbons (Fsp3) is 0.238. The molecule has 0 bridgehead atoms. The van der Waals surface area contributed by atoms with Gasteiger partial charge in [-0.1, -0.05) is 36.0 Å². The van der Waals surface area contributed by atoms with Crippen LogP contribution in [0.25, 0.3) is 10.9 Å². The number of nitrogens with one attached hydrogen (secondary N) is 1. The second-order valence-corrected chi connectivity index (χ2v) is 7.55. The van der Waals surface area contributed by atoms with Crippen molar-refractivity contribution in [1.82, 2.24) is 14.9 Å². The Labute approximate surface area is 167 Å². The predicted octanol–water partition coefficient (Wildman–Crippen LogP) is 3.84. The fourth-order valence-electron chi connectivity index (χ4n) is 3.29. The van der Waals surface area contributed by atoms with Crippen LogP contribution in [0.2, 0.25) is 0 Å². The zero-order valence-corrected chi connectivity index (χ0v) is 16.3. The monoisotopic (exact) mass is 392 g/mol. The number of hydrogen-bond donors (Lipinski definition) is 1. The minimum absolute atomic E-state index is 0.190. The number of carbonyl (C=O) groups is 2. The van der Waals surface area contributed by atoms with Gasteiger partial charge in [-0.2, -0.15) is 0 Å². The first kappa shape index (κ1) is 18.4. The number of imide groups is 1. The summed E-state index contributed by atoms with van der Waals surface area (Å²) >= 11 is 1.59. The Kier molecular flexibility index (Phi) is 5.25. The summed E-state index contributed by atoms with van der Waals surface area (Å²) in [5.41, 5.74) is 1.92. The molecule has 142 valence electrons. The van der Waals surface area contributed by atoms with Crippen LogP contribution in [-0.2, 0) is 0 Å². The number of rotatable bonds is 7. The van der Waals surface area contributed by atoms with E-state index in [0.717, 1.165) is 40.5 Å². The zero-order valence-electron chi connectivity index (χ0n) is 15.5. The van der Waals surface area contributed by atoms with Crippen LogP contribution in [0.15, 0.2) is 53.7 Å². The van der Waals surface area contributed by atoms with Crippen LogP contribution in [0.5, 0.6) is 0 Å². The van der Waals surface area contributed by atoms with Crippen LogP contribution in [-0.4, -0.2) is 46.0 Å². The van der Waals surface area contributed by atoms with Crippen LogP contribution in [0.1, 0.15) is 33.6 Å². The Hall–Kier alpha value is -2.93. The molecule has 0 unspecified atom stereocenters. The Bertz CT molecular complexity index is 1020. The van der Waals surface area contributed by atoms with Crippen molar-refractivity contribution in [1.29, 1.82) is 0 Å². The second kappa shape index (κ2) is 7.98. The number of thioether (sulfide) groups is 1. The molecule has 0 atom stereocenters. The molecule has 28 heavy (non-hydrogen) atoms. The lowest BCUT2D eigenvalue weighted by Crippen LogP contribution is -2.30. The number of amides is 2. The average molecular weight is 392 g/mol. The maximum Gasteiger partial charge on any atom is 0.261 e. The minimum Gasteiger partial charge on any atom is -0.372 e. The lowest BCUT2D eigenvalue weighted by Gasteiger charge is -2.13. The summed E-state index contributed by atoms with van der Waals surface area (Å²) in [5, 5.41) is 4.85. The highest BCUT2D eigenvalue weighted by molar-refractivity contribution is 7.99. The Balaban J connectivity index is 1.32. The van der Waals surface area contributed by atoms with Gasteiger partial charge in [-0.3, -0.25) is 14.5 Å². The van der Waals surface area contributed by atoms with Gasteiger partial charge in [0.1, 0.15) is 5.82 Å². The zero-order chi connectivity index (χ0) is 19.5. The van der Waals surface area contributed by atoms with E-state index in [2.05, 4.69) is 15.3 Å². The summed E-state index contributed by atoms with van der Waals surface area (Å²) in [7, 11) is 1.85. The van der Waals surface area contributed by atoms with Gasteiger partial charge in [0.25, 0.3) is 11.8 Å². The quantitative estimate of drug-likeness (QED) is 0.285. The largest absolute Gasteiger partial charge is 0.372 e. The molecule has 2 aromatic carbocycles. The van der Waals surface area contributed by atoms with Gasteiger partial charge >= 0.3 is 0 Å². The molecule has 1 aliphatic heterocycles. The van der Waals surface area contributed by atoms with Gasteiger partial charge in [-0.25, -0.2) is 9.97 Å². The smallest absolute Gasteiger partial charge is 0.261 e. The molecule has 2 heterocycles. The lowest BCUT2D eigenvalue weighted by molar-refractivity contribution is 0.0652. The molecule has 0 radical (unpaired) electrons. The highest BCUT2D eigenvalue weighted by atomic mass is 32.2. The van der Waals surface area contributed by atoms with E-state index in [1.807, 2.05) is 31.3 Å². The normalized spacial score (nSPS) is 13.2. The molecule has 4 rings (SSSR count). The maximum atomic E-state index is 12.4. The number of nitrogens with zero attached hydrogens (tertiary/aromatic N) is 3. The van der Waals surface area contributed by atoms with Gasteiger partial charge in [-0.05, 0) is 37.1 Å². The lowest BCUT2D eigenvalue weighted by atomic mass is 10.1. The molecular formula is C21H20N4O2S. The molecule has 3 aromatic rings. The van der Waals surface area contributed by atoms with E-state index in [1.165, 1.54) is 4.90 Å². The average Bonchev–Trinajstić information content (AvgIpc) is 2.98. The van der Waals surface area contributed by atoms with E-state index < -0.39 is 0 Å². The summed E-state index contributed by atoms with van der Waals surface area (Å²) in [6.07, 6.45) is 1.62. The highest BCUT2D eigenvalue weighted by Gasteiger charge is 2.34. The molecule has 1 aliphatic rings. The molecule has 0 spiro atoms. The second-order valence-electron chi connectivity index (χ2n) is 6.49. The van der Waals surface area contributed by atoms with Crippen molar-refractivity contribution in [3.8, 4) is 0 Å². The molecule has 0 saturated heterocycles. The molecule has 7 heteroatoms. The number of carbonyl (C=O) groups excluding carboxylic acids is 2. The van der Waals surface area contributed by atoms with Crippen molar-refractivity contribution in [2.75, 3.05) is 24.7 Å². The van der Waals surface area contributed by atoms with Crippen molar-refractivity contribution in [3.63, 3.8) is 0 Å². The van der Waals surface area contributed by atoms with Crippen molar-refractivity contribution in [2.45, 2.75) is 18.0 Å². The standard InChI is InChI=1S/C21H20N4O2S/c1-22-18-16-10-4-5-11-17(16)23-21(24-18)28-13-7-6-12-25-19(26)14-8-2-3-9-15(14)20(25)27/h2-5,8-11H,6-7,12-13H2,1H3,(H,22,23,24). The van der Waals surface area contributed by atoms with E-state index in [4.69, 9.17) is 0 Å². The van der Waals surface area contributed by atoms with E-state index in [1.54, 1.807) is 36.0 Å². The van der Waals surface area contributed by atoms with Crippen LogP contribution in [0, 0.1) is 0 Å². The SMILES string of the molecule is CNc1nc(SCCCCN2C(=O)c3ccccc3C2=O)nc2ccccc12. The van der Waals surface area contributed by atoms with Gasteiger partial charge in [0.15, 0.2) is 5.16 Å². The first-order valence-corrected chi connectivity index (χ1v) is 10.2. The van der Waals surface area contributed by atoms with Crippen LogP contribution in [0.3, 0.4) is 0 Å². The molecule has 2 amide bonds. The van der Waals surface area contributed by atoms with Crippen molar-refractivity contribution >= 4 is 40.3 Å². The van der Waals surface area contributed by atoms with E-state index in [9.17, 15) is 9.59 Å². The van der Waals surface area contributed by atoms with E-state index in [0.29, 0.717) is 17.7 Å². The van der Waals surface area contributed by atoms with Gasteiger partial charge in [0.2, 0.25) is 0 Å². The minimum atomic E-state index is -0.190. The summed E-state index contributed by atoms with van der Waals surface area (Å²) in [4.78, 5) is 35.2. The molecule has 0 saturated carbocycles. The maximum absolute atomic E-state index is 12.4. The summed E-state index contributed by atoms with van der Waals surface area (Å²) < 4.78 is 0. The molecule has 1 aromatic heterocycles. The number of anilines is 1. The third kappa shape index (κ3) is 3.45. The van der Waals surface area contributed by atoms with Crippen LogP contribution >= 0.6 is 11.8 Å². The molecule has 0 fully saturated rings. The number of para-hydroxylation sites is 1. The predicted molar refractivity (Wildman–Crippen MR) is 111 cm³/mol. The first-order chi connectivity index (χ1) is 13.7. The molecular weight excluding hydrogens is 372 g/mol. The summed E-state index contributed by atoms with van der Waals surface area (Å²) in [6.45, 7) is 0.438. The van der Waals surface area contributed by atoms with E-state index in [-0.39, 0.29) is 11.8 Å². The van der Waals surface area contributed by atoms with Crippen LogP contribution < -0.4 is 5.32 Å². The Morgan fingerprint density at radius 1 is 0.929 bits per heavy atom. The van der Waals surface area contributed by atoms with Gasteiger partial charge in [-0.15, -0.1) is 0 Å². The van der Waals surface area contributed by atoms with Crippen molar-refractivity contribution in [2.24, 2.45) is 0 Å². The highest BCUT2D eigenvalue weighted by Crippen LogP contribution is 2.25. The van der Waals surface area contributed by atoms with Gasteiger partial charge in [0, 0.05) is 24.7 Å². The van der Waals surface area contributed by atoms with Gasteiger partial charge < -0.3 is 5.32 Å². The molecule has 6 nitrogen and oxygen atoms in total. The summed E-state index contributed by atoms with van der Waals surface area (Å²) in [5.74, 6) is 1.26. The van der Waals surface area contributed by atoms with Gasteiger partial charge in [0.05, 0.1) is 16.6 Å². The number of fused-ring (bicyclic) bond motifs is 2. The molecule has 1 N–H and O–H groups in total. The first-order valence-electron chi connectivity index (χ1n) is 9.21. The number of unbranched alkanes of at least 4 members (excludes halogenated alkanes) is 1. The Morgan fingerprint density at radius 3 is 2.32 bits per heavy atom. The number of hydrogen-bond acceptors (Lipinski definition) is 6. The number of benzene rings is 2. The van der Waals surface area contributed by atoms with E-state index >= 15 is 0 Å². The Morgan fingerprint density at radius 2 is 1.61 bits per heavy atom. The summed E-state index contributed by atoms with van der Waals surface area (Å²) in [6, 6.07) is 14.9. The third-order valence-electron chi connectivity index (χ3n) is 4.70.